The van der Waals surface area contributed by atoms with E-state index in [1.807, 2.05) is 6.92 Å². The second kappa shape index (κ2) is 7.38. The molecule has 148 valence electrons. The van der Waals surface area contributed by atoms with Gasteiger partial charge in [-0.05, 0) is 24.3 Å². The van der Waals surface area contributed by atoms with Crippen molar-refractivity contribution in [2.45, 2.75) is 13.3 Å². The number of aromatic nitrogens is 4. The van der Waals surface area contributed by atoms with Gasteiger partial charge in [0.05, 0.1) is 15.6 Å². The Morgan fingerprint density at radius 1 is 1.21 bits per heavy atom. The Morgan fingerprint density at radius 2 is 1.93 bits per heavy atom. The topological polar surface area (TPSA) is 94.9 Å². The zero-order chi connectivity index (χ0) is 20.7. The SMILES string of the molecule is CCc1nc(C(=O)Nc2ccc3c(c2)oc(=O)n3C)nn1-c1c(Cl)cccc1Cl. The molecule has 0 saturated carbocycles. The van der Waals surface area contributed by atoms with Crippen LogP contribution in [0.1, 0.15) is 23.4 Å². The molecule has 4 rings (SSSR count). The fourth-order valence-electron chi connectivity index (χ4n) is 2.94. The summed E-state index contributed by atoms with van der Waals surface area (Å²) in [5.41, 5.74) is 1.90. The third kappa shape index (κ3) is 3.41. The number of aryl methyl sites for hydroxylation is 2. The number of halogens is 2. The lowest BCUT2D eigenvalue weighted by atomic mass is 10.3. The molecule has 2 aromatic carbocycles. The molecule has 29 heavy (non-hydrogen) atoms. The van der Waals surface area contributed by atoms with Gasteiger partial charge in [0, 0.05) is 25.2 Å². The largest absolute Gasteiger partial charge is 0.419 e. The van der Waals surface area contributed by atoms with Crippen molar-refractivity contribution in [3.05, 3.63) is 68.6 Å². The molecule has 2 aromatic heterocycles. The van der Waals surface area contributed by atoms with Crippen LogP contribution < -0.4 is 11.1 Å². The fraction of sp³-hybridized carbons (Fsp3) is 0.158. The van der Waals surface area contributed by atoms with E-state index < -0.39 is 11.7 Å². The standard InChI is InChI=1S/C19H15Cl2N5O3/c1-3-15-23-17(24-26(15)16-11(20)5-4-6-12(16)21)18(27)22-10-7-8-13-14(9-10)29-19(28)25(13)2/h4-9H,3H2,1-2H3,(H,22,27). The molecule has 1 N–H and O–H groups in total. The van der Waals surface area contributed by atoms with Crippen LogP contribution in [0.15, 0.2) is 45.6 Å². The van der Waals surface area contributed by atoms with E-state index in [2.05, 4.69) is 15.4 Å². The Morgan fingerprint density at radius 3 is 2.62 bits per heavy atom. The number of amides is 1. The van der Waals surface area contributed by atoms with Crippen molar-refractivity contribution in [1.82, 2.24) is 19.3 Å². The maximum absolute atomic E-state index is 12.7. The summed E-state index contributed by atoms with van der Waals surface area (Å²) in [6.45, 7) is 1.89. The summed E-state index contributed by atoms with van der Waals surface area (Å²) >= 11 is 12.5. The van der Waals surface area contributed by atoms with E-state index in [1.165, 1.54) is 9.25 Å². The van der Waals surface area contributed by atoms with Gasteiger partial charge in [0.15, 0.2) is 5.58 Å². The van der Waals surface area contributed by atoms with Crippen LogP contribution in [0.2, 0.25) is 10.0 Å². The number of anilines is 1. The van der Waals surface area contributed by atoms with E-state index in [4.69, 9.17) is 27.6 Å². The molecule has 1 amide bonds. The second-order valence-corrected chi connectivity index (χ2v) is 7.07. The van der Waals surface area contributed by atoms with Crippen LogP contribution in [0, 0.1) is 0 Å². The lowest BCUT2D eigenvalue weighted by Gasteiger charge is -2.08. The number of carbonyl (C=O) groups is 1. The molecule has 0 saturated heterocycles. The molecule has 0 unspecified atom stereocenters. The summed E-state index contributed by atoms with van der Waals surface area (Å²) in [5, 5.41) is 7.80. The lowest BCUT2D eigenvalue weighted by Crippen LogP contribution is -2.14. The van der Waals surface area contributed by atoms with Crippen LogP contribution in [0.4, 0.5) is 5.69 Å². The van der Waals surface area contributed by atoms with Gasteiger partial charge in [-0.1, -0.05) is 36.2 Å². The number of fused-ring (bicyclic) bond motifs is 1. The first-order valence-electron chi connectivity index (χ1n) is 8.70. The highest BCUT2D eigenvalue weighted by Crippen LogP contribution is 2.29. The van der Waals surface area contributed by atoms with E-state index in [0.717, 1.165) is 0 Å². The molecule has 0 spiro atoms. The molecule has 0 aliphatic carbocycles. The van der Waals surface area contributed by atoms with Gasteiger partial charge in [-0.2, -0.15) is 0 Å². The van der Waals surface area contributed by atoms with Gasteiger partial charge in [0.1, 0.15) is 11.5 Å². The number of carbonyl (C=O) groups excluding carboxylic acids is 1. The molecule has 0 atom stereocenters. The fourth-order valence-corrected chi connectivity index (χ4v) is 3.50. The van der Waals surface area contributed by atoms with E-state index in [9.17, 15) is 9.59 Å². The third-order valence-corrected chi connectivity index (χ3v) is 5.00. The summed E-state index contributed by atoms with van der Waals surface area (Å²) in [6, 6.07) is 10.0. The summed E-state index contributed by atoms with van der Waals surface area (Å²) < 4.78 is 7.99. The van der Waals surface area contributed by atoms with Crippen LogP contribution in [-0.2, 0) is 13.5 Å². The van der Waals surface area contributed by atoms with Crippen LogP contribution in [0.25, 0.3) is 16.8 Å². The second-order valence-electron chi connectivity index (χ2n) is 6.25. The predicted molar refractivity (Wildman–Crippen MR) is 110 cm³/mol. The Kier molecular flexibility index (Phi) is 4.89. The van der Waals surface area contributed by atoms with Crippen molar-refractivity contribution in [2.75, 3.05) is 5.32 Å². The van der Waals surface area contributed by atoms with Crippen LogP contribution in [-0.4, -0.2) is 25.2 Å². The molecule has 2 heterocycles. The molecule has 0 aliphatic rings. The number of nitrogens with one attached hydrogen (secondary N) is 1. The number of oxazole rings is 1. The Hall–Kier alpha value is -3.10. The third-order valence-electron chi connectivity index (χ3n) is 4.39. The molecule has 8 nitrogen and oxygen atoms in total. The first-order valence-corrected chi connectivity index (χ1v) is 9.46. The minimum absolute atomic E-state index is 0.0348. The zero-order valence-electron chi connectivity index (χ0n) is 15.4. The maximum Gasteiger partial charge on any atom is 0.419 e. The minimum atomic E-state index is -0.515. The van der Waals surface area contributed by atoms with Crippen LogP contribution in [0.3, 0.4) is 0 Å². The highest BCUT2D eigenvalue weighted by Gasteiger charge is 2.20. The first-order chi connectivity index (χ1) is 13.9. The summed E-state index contributed by atoms with van der Waals surface area (Å²) in [5.74, 6) is -0.491. The van der Waals surface area contributed by atoms with Crippen molar-refractivity contribution in [3.63, 3.8) is 0 Å². The molecule has 0 fully saturated rings. The van der Waals surface area contributed by atoms with Gasteiger partial charge < -0.3 is 9.73 Å². The highest BCUT2D eigenvalue weighted by atomic mass is 35.5. The highest BCUT2D eigenvalue weighted by molar-refractivity contribution is 6.37. The molecule has 0 radical (unpaired) electrons. The van der Waals surface area contributed by atoms with E-state index in [1.54, 1.807) is 43.4 Å². The Balaban J connectivity index is 1.68. The zero-order valence-corrected chi connectivity index (χ0v) is 17.0. The average molecular weight is 432 g/mol. The Bertz CT molecular complexity index is 1280. The van der Waals surface area contributed by atoms with Crippen LogP contribution in [0.5, 0.6) is 0 Å². The van der Waals surface area contributed by atoms with Gasteiger partial charge in [-0.15, -0.1) is 5.10 Å². The monoisotopic (exact) mass is 431 g/mol. The van der Waals surface area contributed by atoms with Crippen molar-refractivity contribution in [3.8, 4) is 5.69 Å². The molecule has 4 aromatic rings. The number of benzene rings is 2. The van der Waals surface area contributed by atoms with Crippen molar-refractivity contribution >= 4 is 45.9 Å². The smallest absolute Gasteiger partial charge is 0.408 e. The average Bonchev–Trinajstić information content (AvgIpc) is 3.23. The van der Waals surface area contributed by atoms with Gasteiger partial charge in [-0.25, -0.2) is 14.5 Å². The molecule has 0 aliphatic heterocycles. The van der Waals surface area contributed by atoms with E-state index in [0.29, 0.717) is 44.8 Å². The van der Waals surface area contributed by atoms with Crippen molar-refractivity contribution < 1.29 is 9.21 Å². The minimum Gasteiger partial charge on any atom is -0.408 e. The molecule has 10 heteroatoms. The quantitative estimate of drug-likeness (QED) is 0.529. The number of hydrogen-bond donors (Lipinski definition) is 1. The molecular weight excluding hydrogens is 417 g/mol. The molecular formula is C19H15Cl2N5O3. The predicted octanol–water partition coefficient (Wildman–Crippen LogP) is 3.83. The lowest BCUT2D eigenvalue weighted by molar-refractivity contribution is 0.101. The first kappa shape index (κ1) is 19.2. The number of rotatable bonds is 4. The molecule has 0 bridgehead atoms. The number of nitrogens with zero attached hydrogens (tertiary/aromatic N) is 4. The summed E-state index contributed by atoms with van der Waals surface area (Å²) in [4.78, 5) is 28.6. The number of hydrogen-bond acceptors (Lipinski definition) is 5. The van der Waals surface area contributed by atoms with Crippen molar-refractivity contribution in [2.24, 2.45) is 7.05 Å². The van der Waals surface area contributed by atoms with E-state index in [-0.39, 0.29) is 5.82 Å². The van der Waals surface area contributed by atoms with Gasteiger partial charge in [0.2, 0.25) is 5.82 Å². The van der Waals surface area contributed by atoms with Gasteiger partial charge in [-0.3, -0.25) is 9.36 Å². The summed E-state index contributed by atoms with van der Waals surface area (Å²) in [6.07, 6.45) is 0.517. The maximum atomic E-state index is 12.7. The normalized spacial score (nSPS) is 11.2. The van der Waals surface area contributed by atoms with E-state index >= 15 is 0 Å². The van der Waals surface area contributed by atoms with Crippen molar-refractivity contribution in [1.29, 1.82) is 0 Å². The van der Waals surface area contributed by atoms with Gasteiger partial charge in [0.25, 0.3) is 5.91 Å². The Labute approximate surface area is 174 Å². The number of para-hydroxylation sites is 1. The van der Waals surface area contributed by atoms with Crippen LogP contribution >= 0.6 is 23.2 Å². The van der Waals surface area contributed by atoms with Gasteiger partial charge >= 0.3 is 5.76 Å². The summed E-state index contributed by atoms with van der Waals surface area (Å²) in [7, 11) is 1.61.